The Kier molecular flexibility index (Phi) is 58.5. The summed E-state index contributed by atoms with van der Waals surface area (Å²) in [5.41, 5.74) is 0. The molecule has 0 bridgehead atoms. The number of unbranched alkanes of at least 4 members (excludes halogenated alkanes) is 44. The number of hydrogen-bond donors (Lipinski definition) is 3. The second-order valence-corrected chi connectivity index (χ2v) is 21.7. The van der Waals surface area contributed by atoms with Gasteiger partial charge in [0.15, 0.2) is 0 Å². The van der Waals surface area contributed by atoms with Crippen molar-refractivity contribution in [2.45, 2.75) is 360 Å². The number of aliphatic hydroxyl groups is 2. The first-order valence-electron chi connectivity index (χ1n) is 31.6. The molecule has 0 fully saturated rings. The van der Waals surface area contributed by atoms with E-state index in [1.807, 2.05) is 0 Å². The molecule has 0 rings (SSSR count). The third-order valence-electron chi connectivity index (χ3n) is 14.8. The van der Waals surface area contributed by atoms with Gasteiger partial charge in [0, 0.05) is 12.8 Å². The molecule has 6 nitrogen and oxygen atoms in total. The molecule has 70 heavy (non-hydrogen) atoms. The monoisotopic (exact) mass is 986 g/mol. The van der Waals surface area contributed by atoms with Crippen molar-refractivity contribution in [2.75, 3.05) is 13.2 Å². The molecule has 2 atom stereocenters. The van der Waals surface area contributed by atoms with Crippen molar-refractivity contribution in [2.24, 2.45) is 0 Å². The molecule has 0 aromatic heterocycles. The minimum absolute atomic E-state index is 0.00872. The van der Waals surface area contributed by atoms with Crippen LogP contribution in [0.25, 0.3) is 0 Å². The zero-order chi connectivity index (χ0) is 50.7. The molecule has 0 aromatic rings. The lowest BCUT2D eigenvalue weighted by Crippen LogP contribution is -2.45. The second kappa shape index (κ2) is 59.9. The molecule has 0 aliphatic rings. The van der Waals surface area contributed by atoms with Crippen molar-refractivity contribution < 1.29 is 24.5 Å². The Morgan fingerprint density at radius 3 is 1.11 bits per heavy atom. The van der Waals surface area contributed by atoms with Gasteiger partial charge in [-0.15, -0.1) is 0 Å². The third kappa shape index (κ3) is 55.7. The van der Waals surface area contributed by atoms with E-state index in [9.17, 15) is 19.8 Å². The normalized spacial score (nSPS) is 12.7. The summed E-state index contributed by atoms with van der Waals surface area (Å²) in [6, 6.07) is -0.541. The number of carbonyl (C=O) groups is 2. The van der Waals surface area contributed by atoms with E-state index in [1.165, 1.54) is 263 Å². The van der Waals surface area contributed by atoms with Crippen molar-refractivity contribution in [3.63, 3.8) is 0 Å². The fourth-order valence-electron chi connectivity index (χ4n) is 9.91. The van der Waals surface area contributed by atoms with E-state index < -0.39 is 12.1 Å². The number of amides is 1. The molecule has 0 saturated heterocycles. The highest BCUT2D eigenvalue weighted by atomic mass is 16.5. The van der Waals surface area contributed by atoms with Crippen molar-refractivity contribution in [1.29, 1.82) is 0 Å². The maximum Gasteiger partial charge on any atom is 0.305 e. The van der Waals surface area contributed by atoms with Crippen LogP contribution in [0.3, 0.4) is 0 Å². The standard InChI is InChI=1S/C64H123NO5/c1-3-5-7-9-11-13-15-17-18-19-23-27-30-34-38-42-46-50-54-58-64(69)70-59-55-51-47-43-39-35-31-28-25-22-20-21-24-26-29-33-37-41-45-49-53-57-63(68)65-61(60-66)62(67)56-52-48-44-40-36-32-16-14-12-10-8-6-4-2/h11,13,17-18,61-62,66-67H,3-10,12,14-16,19-60H2,1-2H3,(H,65,68)/b13-11-,18-17-. The van der Waals surface area contributed by atoms with E-state index >= 15 is 0 Å². The molecule has 0 aromatic carbocycles. The fraction of sp³-hybridized carbons (Fsp3) is 0.906. The summed E-state index contributed by atoms with van der Waals surface area (Å²) in [6.45, 7) is 4.94. The van der Waals surface area contributed by atoms with Crippen molar-refractivity contribution in [1.82, 2.24) is 5.32 Å². The van der Waals surface area contributed by atoms with Gasteiger partial charge in [-0.05, 0) is 57.8 Å². The molecule has 0 spiro atoms. The van der Waals surface area contributed by atoms with Gasteiger partial charge in [-0.25, -0.2) is 0 Å². The molecular weight excluding hydrogens is 863 g/mol. The molecule has 2 unspecified atom stereocenters. The van der Waals surface area contributed by atoms with E-state index in [4.69, 9.17) is 4.74 Å². The highest BCUT2D eigenvalue weighted by molar-refractivity contribution is 5.76. The maximum absolute atomic E-state index is 12.5. The molecule has 0 saturated carbocycles. The summed E-state index contributed by atoms with van der Waals surface area (Å²) in [4.78, 5) is 24.6. The van der Waals surface area contributed by atoms with Crippen molar-refractivity contribution in [3.8, 4) is 0 Å². The largest absolute Gasteiger partial charge is 0.466 e. The van der Waals surface area contributed by atoms with E-state index in [2.05, 4.69) is 43.5 Å². The highest BCUT2D eigenvalue weighted by Gasteiger charge is 2.20. The SMILES string of the molecule is CCCCC/C=C\C/C=C\CCCCCCCCCCCC(=O)OCCCCCCCCCCCCCCCCCCCCCCCC(=O)NC(CO)C(O)CCCCCCCCCCCCCCC. The molecule has 0 heterocycles. The predicted octanol–water partition coefficient (Wildman–Crippen LogP) is 19.8. The van der Waals surface area contributed by atoms with Crippen LogP contribution in [-0.2, 0) is 14.3 Å². The Morgan fingerprint density at radius 1 is 0.400 bits per heavy atom. The lowest BCUT2D eigenvalue weighted by atomic mass is 10.0. The summed E-state index contributed by atoms with van der Waals surface area (Å²) in [5, 5.41) is 23.3. The number of carbonyl (C=O) groups excluding carboxylic acids is 2. The lowest BCUT2D eigenvalue weighted by molar-refractivity contribution is -0.143. The summed E-state index contributed by atoms with van der Waals surface area (Å²) < 4.78 is 5.50. The zero-order valence-electron chi connectivity index (χ0n) is 47.3. The average Bonchev–Trinajstić information content (AvgIpc) is 3.36. The minimum Gasteiger partial charge on any atom is -0.466 e. The van der Waals surface area contributed by atoms with Gasteiger partial charge >= 0.3 is 5.97 Å². The summed E-state index contributed by atoms with van der Waals surface area (Å²) in [5.74, 6) is -0.0260. The van der Waals surface area contributed by atoms with Gasteiger partial charge in [0.2, 0.25) is 5.91 Å². The average molecular weight is 987 g/mol. The number of aliphatic hydroxyl groups excluding tert-OH is 2. The zero-order valence-corrected chi connectivity index (χ0v) is 47.3. The molecule has 414 valence electrons. The molecule has 1 amide bonds. The van der Waals surface area contributed by atoms with Gasteiger partial charge < -0.3 is 20.3 Å². The molecule has 0 radical (unpaired) electrons. The van der Waals surface area contributed by atoms with Crippen LogP contribution in [-0.4, -0.2) is 47.4 Å². The highest BCUT2D eigenvalue weighted by Crippen LogP contribution is 2.18. The number of nitrogens with one attached hydrogen (secondary N) is 1. The van der Waals surface area contributed by atoms with E-state index in [-0.39, 0.29) is 18.5 Å². The van der Waals surface area contributed by atoms with E-state index in [0.29, 0.717) is 25.9 Å². The lowest BCUT2D eigenvalue weighted by Gasteiger charge is -2.22. The van der Waals surface area contributed by atoms with Gasteiger partial charge in [0.1, 0.15) is 0 Å². The first-order chi connectivity index (χ1) is 34.5. The van der Waals surface area contributed by atoms with Crippen LogP contribution in [0, 0.1) is 0 Å². The number of allylic oxidation sites excluding steroid dienone is 4. The first kappa shape index (κ1) is 68.3. The number of rotatable bonds is 59. The Hall–Kier alpha value is -1.66. The summed E-state index contributed by atoms with van der Waals surface area (Å²) in [7, 11) is 0. The van der Waals surface area contributed by atoms with E-state index in [1.54, 1.807) is 0 Å². The van der Waals surface area contributed by atoms with Gasteiger partial charge in [-0.3, -0.25) is 9.59 Å². The molecule has 0 aliphatic heterocycles. The maximum atomic E-state index is 12.5. The molecule has 0 aliphatic carbocycles. The second-order valence-electron chi connectivity index (χ2n) is 21.7. The Bertz CT molecular complexity index is 1090. The third-order valence-corrected chi connectivity index (χ3v) is 14.8. The fourth-order valence-corrected chi connectivity index (χ4v) is 9.91. The van der Waals surface area contributed by atoms with Gasteiger partial charge in [-0.2, -0.15) is 0 Å². The predicted molar refractivity (Wildman–Crippen MR) is 306 cm³/mol. The van der Waals surface area contributed by atoms with Crippen LogP contribution in [0.2, 0.25) is 0 Å². The summed E-state index contributed by atoms with van der Waals surface area (Å²) in [6.07, 6.45) is 73.3. The van der Waals surface area contributed by atoms with Crippen molar-refractivity contribution >= 4 is 11.9 Å². The quantitative estimate of drug-likeness (QED) is 0.0321. The molecular formula is C64H123NO5. The van der Waals surface area contributed by atoms with Crippen LogP contribution < -0.4 is 5.32 Å². The van der Waals surface area contributed by atoms with Gasteiger partial charge in [0.05, 0.1) is 25.4 Å². The van der Waals surface area contributed by atoms with Gasteiger partial charge in [-0.1, -0.05) is 301 Å². The van der Waals surface area contributed by atoms with Crippen LogP contribution in [0.1, 0.15) is 348 Å². The number of esters is 1. The number of hydrogen-bond acceptors (Lipinski definition) is 5. The molecule has 6 heteroatoms. The Labute approximate surface area is 437 Å². The minimum atomic E-state index is -0.664. The first-order valence-corrected chi connectivity index (χ1v) is 31.6. The topological polar surface area (TPSA) is 95.9 Å². The van der Waals surface area contributed by atoms with Crippen molar-refractivity contribution in [3.05, 3.63) is 24.3 Å². The van der Waals surface area contributed by atoms with Crippen LogP contribution in [0.15, 0.2) is 24.3 Å². The smallest absolute Gasteiger partial charge is 0.305 e. The van der Waals surface area contributed by atoms with Crippen LogP contribution in [0.5, 0.6) is 0 Å². The Morgan fingerprint density at radius 2 is 0.714 bits per heavy atom. The molecule has 3 N–H and O–H groups in total. The van der Waals surface area contributed by atoms with Crippen LogP contribution >= 0.6 is 0 Å². The Balaban J connectivity index is 3.36. The van der Waals surface area contributed by atoms with Gasteiger partial charge in [0.25, 0.3) is 0 Å². The summed E-state index contributed by atoms with van der Waals surface area (Å²) >= 11 is 0. The number of ether oxygens (including phenoxy) is 1. The van der Waals surface area contributed by atoms with Crippen LogP contribution in [0.4, 0.5) is 0 Å². The van der Waals surface area contributed by atoms with E-state index in [0.717, 1.165) is 51.4 Å².